The van der Waals surface area contributed by atoms with Crippen molar-refractivity contribution in [2.45, 2.75) is 19.7 Å². The van der Waals surface area contributed by atoms with Crippen LogP contribution >= 0.6 is 0 Å². The number of rotatable bonds is 3. The second-order valence-electron chi connectivity index (χ2n) is 6.25. The number of aryl methyl sites for hydroxylation is 1. The molecule has 0 aliphatic heterocycles. The molecule has 0 radical (unpaired) electrons. The van der Waals surface area contributed by atoms with Crippen LogP contribution in [0.2, 0.25) is 0 Å². The molecule has 0 atom stereocenters. The van der Waals surface area contributed by atoms with Crippen molar-refractivity contribution in [2.24, 2.45) is 0 Å². The van der Waals surface area contributed by atoms with E-state index in [0.717, 1.165) is 12.1 Å². The fourth-order valence-electron chi connectivity index (χ4n) is 2.98. The predicted octanol–water partition coefficient (Wildman–Crippen LogP) is 5.15. The van der Waals surface area contributed by atoms with Crippen LogP contribution in [-0.4, -0.2) is 5.11 Å². The van der Waals surface area contributed by atoms with Crippen LogP contribution in [-0.2, 0) is 12.8 Å². The Bertz CT molecular complexity index is 1230. The average Bonchev–Trinajstić information content (AvgIpc) is 3.10. The highest BCUT2D eigenvalue weighted by Gasteiger charge is 2.30. The lowest BCUT2D eigenvalue weighted by molar-refractivity contribution is -0.137. The lowest BCUT2D eigenvalue weighted by Crippen LogP contribution is -2.06. The number of phenolic OH excluding ortho intramolecular Hbond substituents is 1. The number of phenols is 1. The number of halogens is 3. The van der Waals surface area contributed by atoms with Crippen molar-refractivity contribution in [3.05, 3.63) is 69.8 Å². The van der Waals surface area contributed by atoms with Crippen LogP contribution < -0.4 is 10.2 Å². The molecule has 0 aliphatic rings. The predicted molar refractivity (Wildman–Crippen MR) is 94.4 cm³/mol. The zero-order chi connectivity index (χ0) is 20.1. The topological polar surface area (TPSA) is 72.8 Å². The molecular weight excluding hydrogens is 377 g/mol. The van der Waals surface area contributed by atoms with E-state index in [1.54, 1.807) is 6.92 Å². The van der Waals surface area contributed by atoms with Crippen LogP contribution in [0, 0.1) is 6.92 Å². The summed E-state index contributed by atoms with van der Waals surface area (Å²) in [5.74, 6) is 0.116. The van der Waals surface area contributed by atoms with Gasteiger partial charge < -0.3 is 18.7 Å². The van der Waals surface area contributed by atoms with Gasteiger partial charge in [-0.1, -0.05) is 12.1 Å². The van der Waals surface area contributed by atoms with Crippen molar-refractivity contribution < 1.29 is 31.8 Å². The van der Waals surface area contributed by atoms with E-state index in [4.69, 9.17) is 13.6 Å². The van der Waals surface area contributed by atoms with Gasteiger partial charge >= 0.3 is 6.18 Å². The standard InChI is InChI=1S/C20H13F3O5/c1-10-8-14(24)15-16(25)13-6-7-26-17(13)19(18(15)28-10)27-9-11-2-4-12(5-3-11)20(21,22)23/h2-8,25H,9H2,1H3. The molecule has 144 valence electrons. The van der Waals surface area contributed by atoms with E-state index in [0.29, 0.717) is 11.3 Å². The number of aromatic hydroxyl groups is 1. The maximum absolute atomic E-state index is 12.7. The van der Waals surface area contributed by atoms with E-state index in [2.05, 4.69) is 0 Å². The Balaban J connectivity index is 1.78. The third-order valence-corrected chi connectivity index (χ3v) is 4.30. The van der Waals surface area contributed by atoms with Crippen molar-refractivity contribution >= 4 is 21.9 Å². The van der Waals surface area contributed by atoms with Gasteiger partial charge in [0.25, 0.3) is 0 Å². The molecule has 0 unspecified atom stereocenters. The summed E-state index contributed by atoms with van der Waals surface area (Å²) in [5, 5.41) is 10.6. The molecule has 0 aliphatic carbocycles. The molecule has 2 aromatic heterocycles. The first-order valence-corrected chi connectivity index (χ1v) is 8.21. The van der Waals surface area contributed by atoms with Gasteiger partial charge in [-0.15, -0.1) is 0 Å². The fraction of sp³-hybridized carbons (Fsp3) is 0.150. The minimum atomic E-state index is -4.42. The minimum absolute atomic E-state index is 0.0110. The first-order valence-electron chi connectivity index (χ1n) is 8.21. The van der Waals surface area contributed by atoms with Crippen molar-refractivity contribution in [2.75, 3.05) is 0 Å². The van der Waals surface area contributed by atoms with Gasteiger partial charge in [0.2, 0.25) is 5.75 Å². The third-order valence-electron chi connectivity index (χ3n) is 4.30. The summed E-state index contributed by atoms with van der Waals surface area (Å²) in [6, 6.07) is 7.24. The molecule has 8 heteroatoms. The van der Waals surface area contributed by atoms with E-state index in [-0.39, 0.29) is 40.0 Å². The Morgan fingerprint density at radius 2 is 1.82 bits per heavy atom. The van der Waals surface area contributed by atoms with Crippen molar-refractivity contribution in [1.29, 1.82) is 0 Å². The SMILES string of the molecule is Cc1cc(=O)c2c(O)c3ccoc3c(OCc3ccc(C(F)(F)F)cc3)c2o1. The number of hydrogen-bond donors (Lipinski definition) is 1. The lowest BCUT2D eigenvalue weighted by Gasteiger charge is -2.12. The van der Waals surface area contributed by atoms with E-state index in [1.165, 1.54) is 30.5 Å². The van der Waals surface area contributed by atoms with Gasteiger partial charge in [0.1, 0.15) is 23.5 Å². The molecule has 2 heterocycles. The summed E-state index contributed by atoms with van der Waals surface area (Å²) in [4.78, 5) is 12.3. The number of alkyl halides is 3. The maximum atomic E-state index is 12.7. The number of ether oxygens (including phenoxy) is 1. The third kappa shape index (κ3) is 2.96. The molecule has 0 spiro atoms. The van der Waals surface area contributed by atoms with Crippen LogP contribution in [0.3, 0.4) is 0 Å². The van der Waals surface area contributed by atoms with Crippen molar-refractivity contribution in [1.82, 2.24) is 0 Å². The summed E-state index contributed by atoms with van der Waals surface area (Å²) >= 11 is 0. The Kier molecular flexibility index (Phi) is 4.06. The second-order valence-corrected chi connectivity index (χ2v) is 6.25. The van der Waals surface area contributed by atoms with Gasteiger partial charge in [0, 0.05) is 6.07 Å². The van der Waals surface area contributed by atoms with Gasteiger partial charge in [-0.25, -0.2) is 0 Å². The van der Waals surface area contributed by atoms with Gasteiger partial charge in [-0.2, -0.15) is 13.2 Å². The quantitative estimate of drug-likeness (QED) is 0.524. The molecule has 0 saturated carbocycles. The number of fused-ring (bicyclic) bond motifs is 2. The monoisotopic (exact) mass is 390 g/mol. The lowest BCUT2D eigenvalue weighted by atomic mass is 10.1. The van der Waals surface area contributed by atoms with E-state index >= 15 is 0 Å². The van der Waals surface area contributed by atoms with E-state index in [1.807, 2.05) is 0 Å². The maximum Gasteiger partial charge on any atom is 0.416 e. The zero-order valence-corrected chi connectivity index (χ0v) is 14.5. The average molecular weight is 390 g/mol. The Morgan fingerprint density at radius 3 is 2.50 bits per heavy atom. The van der Waals surface area contributed by atoms with Gasteiger partial charge in [0.15, 0.2) is 16.6 Å². The van der Waals surface area contributed by atoms with Crippen LogP contribution in [0.15, 0.2) is 56.3 Å². The van der Waals surface area contributed by atoms with E-state index in [9.17, 15) is 23.1 Å². The summed E-state index contributed by atoms with van der Waals surface area (Å²) in [5.41, 5.74) is -0.549. The summed E-state index contributed by atoms with van der Waals surface area (Å²) < 4.78 is 54.8. The second kappa shape index (κ2) is 6.33. The van der Waals surface area contributed by atoms with Crippen LogP contribution in [0.1, 0.15) is 16.9 Å². The molecule has 0 bridgehead atoms. The molecule has 28 heavy (non-hydrogen) atoms. The molecule has 1 N–H and O–H groups in total. The number of hydrogen-bond acceptors (Lipinski definition) is 5. The smallest absolute Gasteiger partial charge is 0.416 e. The van der Waals surface area contributed by atoms with Crippen LogP contribution in [0.25, 0.3) is 21.9 Å². The summed E-state index contributed by atoms with van der Waals surface area (Å²) in [6.07, 6.45) is -3.10. The highest BCUT2D eigenvalue weighted by Crippen LogP contribution is 2.42. The molecule has 0 saturated heterocycles. The first-order chi connectivity index (χ1) is 13.3. The summed E-state index contributed by atoms with van der Waals surface area (Å²) in [7, 11) is 0. The molecule has 0 amide bonds. The minimum Gasteiger partial charge on any atom is -0.506 e. The molecule has 4 rings (SSSR count). The zero-order valence-electron chi connectivity index (χ0n) is 14.5. The molecule has 5 nitrogen and oxygen atoms in total. The highest BCUT2D eigenvalue weighted by atomic mass is 19.4. The largest absolute Gasteiger partial charge is 0.506 e. The number of furan rings is 1. The van der Waals surface area contributed by atoms with Crippen LogP contribution in [0.5, 0.6) is 11.5 Å². The number of benzene rings is 2. The van der Waals surface area contributed by atoms with Gasteiger partial charge in [0.05, 0.1) is 17.2 Å². The van der Waals surface area contributed by atoms with Crippen molar-refractivity contribution in [3.63, 3.8) is 0 Å². The fourth-order valence-corrected chi connectivity index (χ4v) is 2.98. The molecule has 4 aromatic rings. The Hall–Kier alpha value is -3.42. The Labute approximate surface area is 155 Å². The normalized spacial score (nSPS) is 12.0. The van der Waals surface area contributed by atoms with Gasteiger partial charge in [-0.05, 0) is 30.7 Å². The molecule has 2 aromatic carbocycles. The highest BCUT2D eigenvalue weighted by molar-refractivity contribution is 6.06. The first kappa shape index (κ1) is 18.0. The van der Waals surface area contributed by atoms with E-state index < -0.39 is 17.2 Å². The van der Waals surface area contributed by atoms with Crippen molar-refractivity contribution in [3.8, 4) is 11.5 Å². The Morgan fingerprint density at radius 1 is 1.11 bits per heavy atom. The molecule has 0 fully saturated rings. The van der Waals surface area contributed by atoms with Crippen LogP contribution in [0.4, 0.5) is 13.2 Å². The molecular formula is C20H13F3O5. The van der Waals surface area contributed by atoms with Gasteiger partial charge in [-0.3, -0.25) is 4.79 Å². The summed E-state index contributed by atoms with van der Waals surface area (Å²) in [6.45, 7) is 1.48.